The summed E-state index contributed by atoms with van der Waals surface area (Å²) in [5, 5.41) is 9.19. The molecule has 2 N–H and O–H groups in total. The Kier molecular flexibility index (Phi) is 4.34. The van der Waals surface area contributed by atoms with Gasteiger partial charge >= 0.3 is 16.2 Å². The molecular weight excluding hydrogens is 377 g/mol. The average molecular weight is 397 g/mol. The second-order valence-electron chi connectivity index (χ2n) is 7.33. The van der Waals surface area contributed by atoms with Gasteiger partial charge in [0.05, 0.1) is 16.8 Å². The molecule has 0 spiro atoms. The Morgan fingerprint density at radius 1 is 1.11 bits per heavy atom. The topological polar surface area (TPSA) is 107 Å². The predicted octanol–water partition coefficient (Wildman–Crippen LogP) is 1.05. The van der Waals surface area contributed by atoms with Crippen LogP contribution in [-0.2, 0) is 10.2 Å². The fourth-order valence-electron chi connectivity index (χ4n) is 3.97. The lowest BCUT2D eigenvalue weighted by Gasteiger charge is -2.25. The molecule has 0 bridgehead atoms. The van der Waals surface area contributed by atoms with E-state index >= 15 is 0 Å². The van der Waals surface area contributed by atoms with E-state index < -0.39 is 33.5 Å². The van der Waals surface area contributed by atoms with E-state index in [0.717, 1.165) is 25.3 Å². The van der Waals surface area contributed by atoms with Crippen LogP contribution in [0.15, 0.2) is 12.1 Å². The lowest BCUT2D eigenvalue weighted by atomic mass is 10.1. The molecule has 2 heterocycles. The van der Waals surface area contributed by atoms with Crippen molar-refractivity contribution < 1.29 is 27.5 Å². The predicted molar refractivity (Wildman–Crippen MR) is 94.4 cm³/mol. The third kappa shape index (κ3) is 3.27. The van der Waals surface area contributed by atoms with Gasteiger partial charge in [0.1, 0.15) is 0 Å². The summed E-state index contributed by atoms with van der Waals surface area (Å²) >= 11 is 0. The van der Waals surface area contributed by atoms with Gasteiger partial charge in [-0.05, 0) is 43.2 Å². The van der Waals surface area contributed by atoms with Gasteiger partial charge < -0.3 is 10.0 Å². The highest BCUT2D eigenvalue weighted by atomic mass is 32.2. The number of amides is 1. The van der Waals surface area contributed by atoms with E-state index in [4.69, 9.17) is 0 Å². The van der Waals surface area contributed by atoms with Crippen molar-refractivity contribution in [1.29, 1.82) is 0 Å². The SMILES string of the molecule is O=C(O)c1ccc(C(=O)NS(=O)(=O)N2CCCC2)c(N2CC3CC3C2)c1F. The van der Waals surface area contributed by atoms with E-state index in [1.807, 2.05) is 4.72 Å². The summed E-state index contributed by atoms with van der Waals surface area (Å²) in [7, 11) is -4.01. The summed E-state index contributed by atoms with van der Waals surface area (Å²) in [6.45, 7) is 1.72. The van der Waals surface area contributed by atoms with Crippen molar-refractivity contribution in [2.24, 2.45) is 11.8 Å². The first kappa shape index (κ1) is 18.2. The highest BCUT2D eigenvalue weighted by molar-refractivity contribution is 7.87. The van der Waals surface area contributed by atoms with Gasteiger partial charge in [-0.25, -0.2) is 13.9 Å². The van der Waals surface area contributed by atoms with Crippen molar-refractivity contribution in [3.8, 4) is 0 Å². The molecule has 8 nitrogen and oxygen atoms in total. The number of rotatable bonds is 5. The van der Waals surface area contributed by atoms with Crippen molar-refractivity contribution in [1.82, 2.24) is 9.03 Å². The number of carboxylic acids is 1. The zero-order chi connectivity index (χ0) is 19.3. The average Bonchev–Trinajstić information content (AvgIpc) is 3.03. The standard InChI is InChI=1S/C17H20FN3O5S/c18-14-12(17(23)24)3-4-13(15(14)20-8-10-7-11(10)9-20)16(22)19-27(25,26)21-5-1-2-6-21/h3-4,10-11H,1-2,5-9H2,(H,19,22)(H,23,24). The molecule has 1 saturated carbocycles. The maximum Gasteiger partial charge on any atom is 0.338 e. The summed E-state index contributed by atoms with van der Waals surface area (Å²) < 4.78 is 42.8. The van der Waals surface area contributed by atoms with Gasteiger partial charge in [0.15, 0.2) is 5.82 Å². The minimum atomic E-state index is -4.01. The first-order valence-corrected chi connectivity index (χ1v) is 10.3. The molecule has 2 saturated heterocycles. The van der Waals surface area contributed by atoms with E-state index in [0.29, 0.717) is 38.0 Å². The third-order valence-corrected chi connectivity index (χ3v) is 7.00. The Morgan fingerprint density at radius 2 is 1.70 bits per heavy atom. The van der Waals surface area contributed by atoms with Gasteiger partial charge in [0, 0.05) is 26.2 Å². The monoisotopic (exact) mass is 397 g/mol. The Balaban J connectivity index is 1.67. The normalized spacial score (nSPS) is 24.7. The van der Waals surface area contributed by atoms with Crippen LogP contribution in [0, 0.1) is 17.7 Å². The van der Waals surface area contributed by atoms with E-state index in [-0.39, 0.29) is 11.3 Å². The van der Waals surface area contributed by atoms with E-state index in [1.54, 1.807) is 4.90 Å². The number of anilines is 1. The van der Waals surface area contributed by atoms with E-state index in [2.05, 4.69) is 0 Å². The van der Waals surface area contributed by atoms with Gasteiger partial charge in [-0.3, -0.25) is 4.79 Å². The molecule has 2 unspecified atom stereocenters. The van der Waals surface area contributed by atoms with E-state index in [9.17, 15) is 27.5 Å². The Hall–Kier alpha value is -2.20. The van der Waals surface area contributed by atoms with Gasteiger partial charge in [0.25, 0.3) is 5.91 Å². The van der Waals surface area contributed by atoms with Crippen LogP contribution in [0.25, 0.3) is 0 Å². The zero-order valence-corrected chi connectivity index (χ0v) is 15.3. The fraction of sp³-hybridized carbons (Fsp3) is 0.529. The summed E-state index contributed by atoms with van der Waals surface area (Å²) in [4.78, 5) is 25.6. The van der Waals surface area contributed by atoms with Crippen LogP contribution in [-0.4, -0.2) is 55.9 Å². The van der Waals surface area contributed by atoms with Gasteiger partial charge in [-0.1, -0.05) is 0 Å². The molecule has 1 aromatic carbocycles. The number of halogens is 1. The Labute approximate surface area is 156 Å². The van der Waals surface area contributed by atoms with Crippen molar-refractivity contribution in [3.05, 3.63) is 29.1 Å². The highest BCUT2D eigenvalue weighted by Crippen LogP contribution is 2.47. The molecule has 0 radical (unpaired) electrons. The summed E-state index contributed by atoms with van der Waals surface area (Å²) in [6.07, 6.45) is 2.49. The number of carbonyl (C=O) groups is 2. The molecular formula is C17H20FN3O5S. The number of aromatic carboxylic acids is 1. The van der Waals surface area contributed by atoms with Crippen LogP contribution in [0.3, 0.4) is 0 Å². The van der Waals surface area contributed by atoms with Crippen molar-refractivity contribution >= 4 is 27.8 Å². The smallest absolute Gasteiger partial charge is 0.338 e. The number of hydrogen-bond donors (Lipinski definition) is 2. The fourth-order valence-corrected chi connectivity index (χ4v) is 5.18. The Bertz CT molecular complexity index is 903. The summed E-state index contributed by atoms with van der Waals surface area (Å²) in [6, 6.07) is 2.18. The number of carbonyl (C=O) groups excluding carboxylic acids is 1. The van der Waals surface area contributed by atoms with Crippen LogP contribution in [0.1, 0.15) is 40.0 Å². The summed E-state index contributed by atoms with van der Waals surface area (Å²) in [5.41, 5.74) is -0.831. The van der Waals surface area contributed by atoms with Crippen LogP contribution < -0.4 is 9.62 Å². The van der Waals surface area contributed by atoms with Crippen molar-refractivity contribution in [2.75, 3.05) is 31.1 Å². The van der Waals surface area contributed by atoms with Crippen LogP contribution >= 0.6 is 0 Å². The van der Waals surface area contributed by atoms with Crippen LogP contribution in [0.4, 0.5) is 10.1 Å². The number of piperidine rings is 1. The number of carboxylic acid groups (broad SMARTS) is 1. The maximum atomic E-state index is 14.9. The highest BCUT2D eigenvalue weighted by Gasteiger charge is 2.46. The molecule has 4 rings (SSSR count). The number of nitrogens with zero attached hydrogens (tertiary/aromatic N) is 2. The molecule has 1 amide bonds. The number of benzene rings is 1. The molecule has 27 heavy (non-hydrogen) atoms. The van der Waals surface area contributed by atoms with Crippen LogP contribution in [0.5, 0.6) is 0 Å². The number of nitrogens with one attached hydrogen (secondary N) is 1. The minimum absolute atomic E-state index is 0.128. The largest absolute Gasteiger partial charge is 0.478 e. The van der Waals surface area contributed by atoms with Gasteiger partial charge in [0.2, 0.25) is 0 Å². The first-order chi connectivity index (χ1) is 12.8. The van der Waals surface area contributed by atoms with Gasteiger partial charge in [-0.2, -0.15) is 12.7 Å². The lowest BCUT2D eigenvalue weighted by molar-refractivity contribution is 0.0691. The zero-order valence-electron chi connectivity index (χ0n) is 14.5. The second-order valence-corrected chi connectivity index (χ2v) is 9.00. The first-order valence-electron chi connectivity index (χ1n) is 8.91. The molecule has 146 valence electrons. The number of fused-ring (bicyclic) bond motifs is 1. The Morgan fingerprint density at radius 3 is 2.30 bits per heavy atom. The molecule has 1 aromatic rings. The maximum absolute atomic E-state index is 14.9. The number of hydrogen-bond acceptors (Lipinski definition) is 5. The van der Waals surface area contributed by atoms with Crippen molar-refractivity contribution in [3.63, 3.8) is 0 Å². The van der Waals surface area contributed by atoms with Crippen LogP contribution in [0.2, 0.25) is 0 Å². The molecule has 3 fully saturated rings. The molecule has 10 heteroatoms. The van der Waals surface area contributed by atoms with Crippen molar-refractivity contribution in [2.45, 2.75) is 19.3 Å². The molecule has 0 aromatic heterocycles. The van der Waals surface area contributed by atoms with E-state index in [1.165, 1.54) is 10.4 Å². The molecule has 2 aliphatic heterocycles. The third-order valence-electron chi connectivity index (χ3n) is 5.51. The molecule has 2 atom stereocenters. The molecule has 3 aliphatic rings. The summed E-state index contributed by atoms with van der Waals surface area (Å²) in [5.74, 6) is -2.55. The van der Waals surface area contributed by atoms with Gasteiger partial charge in [-0.15, -0.1) is 0 Å². The second kappa shape index (κ2) is 6.45. The lowest BCUT2D eigenvalue weighted by Crippen LogP contribution is -2.42. The molecule has 1 aliphatic carbocycles. The quantitative estimate of drug-likeness (QED) is 0.769. The minimum Gasteiger partial charge on any atom is -0.478 e.